The van der Waals surface area contributed by atoms with E-state index in [0.29, 0.717) is 11.6 Å². The molecule has 0 aliphatic heterocycles. The Balaban J connectivity index is 2.53. The summed E-state index contributed by atoms with van der Waals surface area (Å²) in [6.07, 6.45) is 1.52. The highest BCUT2D eigenvalue weighted by Crippen LogP contribution is 2.08. The number of halogens is 2. The molecule has 0 atom stereocenters. The van der Waals surface area contributed by atoms with Gasteiger partial charge < -0.3 is 10.4 Å². The molecular weight excluding hydrogens is 232 g/mol. The van der Waals surface area contributed by atoms with Crippen molar-refractivity contribution in [2.75, 3.05) is 0 Å². The minimum absolute atomic E-state index is 0.0139. The maximum Gasteiger partial charge on any atom is 0.328 e. The Labute approximate surface area is 95.6 Å². The summed E-state index contributed by atoms with van der Waals surface area (Å²) in [6.45, 7) is -0.0139. The summed E-state index contributed by atoms with van der Waals surface area (Å²) < 4.78 is 25.3. The van der Waals surface area contributed by atoms with Gasteiger partial charge in [0.1, 0.15) is 0 Å². The van der Waals surface area contributed by atoms with Crippen LogP contribution in [0, 0.1) is 11.6 Å². The quantitative estimate of drug-likeness (QED) is 0.779. The lowest BCUT2D eigenvalue weighted by Gasteiger charge is -2.02. The van der Waals surface area contributed by atoms with Crippen LogP contribution >= 0.6 is 0 Å². The third kappa shape index (κ3) is 4.42. The average Bonchev–Trinajstić information content (AvgIpc) is 2.28. The number of benzene rings is 1. The molecule has 17 heavy (non-hydrogen) atoms. The lowest BCUT2D eigenvalue weighted by atomic mass is 10.2. The van der Waals surface area contributed by atoms with E-state index in [0.717, 1.165) is 18.2 Å². The van der Waals surface area contributed by atoms with E-state index in [1.54, 1.807) is 0 Å². The highest BCUT2D eigenvalue weighted by atomic mass is 19.2. The third-order valence-corrected chi connectivity index (χ3v) is 1.83. The minimum Gasteiger partial charge on any atom is -0.478 e. The first-order valence-corrected chi connectivity index (χ1v) is 4.62. The van der Waals surface area contributed by atoms with Crippen LogP contribution in [0.1, 0.15) is 5.56 Å². The molecule has 1 amide bonds. The van der Waals surface area contributed by atoms with Crippen molar-refractivity contribution in [3.05, 3.63) is 47.5 Å². The molecule has 0 aromatic heterocycles. The third-order valence-electron chi connectivity index (χ3n) is 1.83. The van der Waals surface area contributed by atoms with E-state index in [4.69, 9.17) is 5.11 Å². The molecule has 1 aromatic rings. The van der Waals surface area contributed by atoms with Gasteiger partial charge in [-0.25, -0.2) is 13.6 Å². The number of hydrogen-bond donors (Lipinski definition) is 2. The minimum atomic E-state index is -1.24. The molecule has 90 valence electrons. The number of nitrogens with one attached hydrogen (secondary N) is 1. The second-order valence-corrected chi connectivity index (χ2v) is 3.14. The van der Waals surface area contributed by atoms with Gasteiger partial charge in [0.2, 0.25) is 5.91 Å². The zero-order valence-electron chi connectivity index (χ0n) is 8.61. The number of carbonyl (C=O) groups excluding carboxylic acids is 1. The van der Waals surface area contributed by atoms with Gasteiger partial charge in [0.15, 0.2) is 11.6 Å². The van der Waals surface area contributed by atoms with Crippen LogP contribution in [0.5, 0.6) is 0 Å². The number of amides is 1. The van der Waals surface area contributed by atoms with E-state index in [9.17, 15) is 18.4 Å². The van der Waals surface area contributed by atoms with Crippen LogP contribution in [0.3, 0.4) is 0 Å². The molecule has 0 fully saturated rings. The number of carbonyl (C=O) groups is 2. The van der Waals surface area contributed by atoms with E-state index in [2.05, 4.69) is 5.32 Å². The van der Waals surface area contributed by atoms with Crippen molar-refractivity contribution in [3.63, 3.8) is 0 Å². The molecule has 0 spiro atoms. The van der Waals surface area contributed by atoms with Crippen molar-refractivity contribution >= 4 is 11.9 Å². The summed E-state index contributed by atoms with van der Waals surface area (Å²) in [7, 11) is 0. The molecule has 0 saturated heterocycles. The summed E-state index contributed by atoms with van der Waals surface area (Å²) >= 11 is 0. The van der Waals surface area contributed by atoms with Crippen LogP contribution < -0.4 is 5.32 Å². The van der Waals surface area contributed by atoms with Crippen LogP contribution in [0.25, 0.3) is 0 Å². The molecule has 0 unspecified atom stereocenters. The van der Waals surface area contributed by atoms with Crippen molar-refractivity contribution < 1.29 is 23.5 Å². The SMILES string of the molecule is O=C(O)C=CC(=O)NCc1ccc(F)c(F)c1. The molecule has 0 saturated carbocycles. The fraction of sp³-hybridized carbons (Fsp3) is 0.0909. The highest BCUT2D eigenvalue weighted by Gasteiger charge is 2.03. The normalized spacial score (nSPS) is 10.5. The molecule has 1 rings (SSSR count). The Morgan fingerprint density at radius 3 is 2.53 bits per heavy atom. The lowest BCUT2D eigenvalue weighted by Crippen LogP contribution is -2.20. The smallest absolute Gasteiger partial charge is 0.328 e. The van der Waals surface area contributed by atoms with Gasteiger partial charge in [-0.1, -0.05) is 6.07 Å². The zero-order valence-corrected chi connectivity index (χ0v) is 8.61. The van der Waals surface area contributed by atoms with Crippen molar-refractivity contribution in [2.24, 2.45) is 0 Å². The highest BCUT2D eigenvalue weighted by molar-refractivity contribution is 5.93. The van der Waals surface area contributed by atoms with Gasteiger partial charge in [-0.15, -0.1) is 0 Å². The lowest BCUT2D eigenvalue weighted by molar-refractivity contribution is -0.131. The molecule has 0 aliphatic rings. The maximum absolute atomic E-state index is 12.8. The molecule has 0 radical (unpaired) electrons. The molecule has 4 nitrogen and oxygen atoms in total. The van der Waals surface area contributed by atoms with Gasteiger partial charge in [0.25, 0.3) is 0 Å². The van der Waals surface area contributed by atoms with Crippen LogP contribution in [-0.4, -0.2) is 17.0 Å². The fourth-order valence-electron chi connectivity index (χ4n) is 1.04. The Bertz CT molecular complexity index is 472. The standard InChI is InChI=1S/C11H9F2NO3/c12-8-2-1-7(5-9(8)13)6-14-10(15)3-4-11(16)17/h1-5H,6H2,(H,14,15)(H,16,17). The number of rotatable bonds is 4. The van der Waals surface area contributed by atoms with E-state index in [1.165, 1.54) is 6.07 Å². The molecule has 6 heteroatoms. The van der Waals surface area contributed by atoms with E-state index in [-0.39, 0.29) is 6.54 Å². The van der Waals surface area contributed by atoms with E-state index < -0.39 is 23.5 Å². The van der Waals surface area contributed by atoms with Gasteiger partial charge in [0.05, 0.1) is 0 Å². The summed E-state index contributed by atoms with van der Waals surface area (Å²) in [5, 5.41) is 10.6. The number of carboxylic acids is 1. The van der Waals surface area contributed by atoms with Crippen molar-refractivity contribution in [1.29, 1.82) is 0 Å². The Hall–Kier alpha value is -2.24. The van der Waals surface area contributed by atoms with E-state index >= 15 is 0 Å². The molecule has 0 aliphatic carbocycles. The van der Waals surface area contributed by atoms with Gasteiger partial charge >= 0.3 is 5.97 Å². The maximum atomic E-state index is 12.8. The summed E-state index contributed by atoms with van der Waals surface area (Å²) in [4.78, 5) is 21.1. The largest absolute Gasteiger partial charge is 0.478 e. The van der Waals surface area contributed by atoms with Crippen molar-refractivity contribution in [3.8, 4) is 0 Å². The Morgan fingerprint density at radius 1 is 1.24 bits per heavy atom. The fourth-order valence-corrected chi connectivity index (χ4v) is 1.04. The summed E-state index contributed by atoms with van der Waals surface area (Å²) in [6, 6.07) is 3.22. The molecule has 1 aromatic carbocycles. The van der Waals surface area contributed by atoms with Crippen LogP contribution in [0.2, 0.25) is 0 Å². The van der Waals surface area contributed by atoms with Crippen LogP contribution in [0.4, 0.5) is 8.78 Å². The molecule has 0 bridgehead atoms. The molecule has 0 heterocycles. The number of carboxylic acid groups (broad SMARTS) is 1. The predicted octanol–water partition coefficient (Wildman–Crippen LogP) is 1.22. The van der Waals surface area contributed by atoms with Crippen molar-refractivity contribution in [1.82, 2.24) is 5.32 Å². The summed E-state index contributed by atoms with van der Waals surface area (Å²) in [5.74, 6) is -3.84. The van der Waals surface area contributed by atoms with Gasteiger partial charge in [-0.3, -0.25) is 4.79 Å². The van der Waals surface area contributed by atoms with Gasteiger partial charge in [-0.2, -0.15) is 0 Å². The average molecular weight is 241 g/mol. The second kappa shape index (κ2) is 5.74. The first-order chi connectivity index (χ1) is 7.99. The van der Waals surface area contributed by atoms with Crippen LogP contribution in [0.15, 0.2) is 30.4 Å². The molecule has 2 N–H and O–H groups in total. The topological polar surface area (TPSA) is 66.4 Å². The number of hydrogen-bond acceptors (Lipinski definition) is 2. The van der Waals surface area contributed by atoms with Gasteiger partial charge in [-0.05, 0) is 17.7 Å². The first-order valence-electron chi connectivity index (χ1n) is 4.62. The van der Waals surface area contributed by atoms with Crippen molar-refractivity contribution in [2.45, 2.75) is 6.54 Å². The van der Waals surface area contributed by atoms with Gasteiger partial charge in [0, 0.05) is 18.7 Å². The predicted molar refractivity (Wildman–Crippen MR) is 55.0 cm³/mol. The second-order valence-electron chi connectivity index (χ2n) is 3.14. The zero-order chi connectivity index (χ0) is 12.8. The number of aliphatic carboxylic acids is 1. The summed E-state index contributed by atoms with van der Waals surface area (Å²) in [5.41, 5.74) is 0.376. The van der Waals surface area contributed by atoms with Crippen LogP contribution in [-0.2, 0) is 16.1 Å². The Morgan fingerprint density at radius 2 is 1.94 bits per heavy atom. The Kier molecular flexibility index (Phi) is 4.33. The van der Waals surface area contributed by atoms with E-state index in [1.807, 2.05) is 0 Å². The first kappa shape index (κ1) is 12.8. The monoisotopic (exact) mass is 241 g/mol. The molecular formula is C11H9F2NO3.